The van der Waals surface area contributed by atoms with Crippen LogP contribution >= 0.6 is 23.2 Å². The summed E-state index contributed by atoms with van der Waals surface area (Å²) in [6, 6.07) is 28.4. The summed E-state index contributed by atoms with van der Waals surface area (Å²) in [6.45, 7) is 0.824. The van der Waals surface area contributed by atoms with E-state index >= 15 is 0 Å². The minimum Gasteiger partial charge on any atom is -0.619 e. The maximum atomic E-state index is 13.7. The standard InChI is InChI=1S/C51H50Cl2F2N4O9/c52-42-27-58(63)28-43(53)41(42)23-45(37-15-16-44(67-50(54)55)46(22-37)65-31-32-9-10-32)66-49(61)38-25-57(26-38)48(60)36-13-11-33(12-14-36)30-64-40-8-4-5-34(21-40)24-59(39-6-2-1-3-7-39)51(62)68-47-29-56-19-17-35(47)18-20-56/h1-8,11-16,21-22,27-28,32,35,38,45,47,50H,9-10,17-20,23-26,29-31H2/t45?,47-/m0/s1. The fourth-order valence-electron chi connectivity index (χ4n) is 8.81. The lowest BCUT2D eigenvalue weighted by Crippen LogP contribution is -2.53. The quantitative estimate of drug-likeness (QED) is 0.0475. The van der Waals surface area contributed by atoms with Gasteiger partial charge in [-0.2, -0.15) is 13.5 Å². The second kappa shape index (κ2) is 21.0. The molecule has 13 nitrogen and oxygen atoms in total. The van der Waals surface area contributed by atoms with Gasteiger partial charge in [-0.1, -0.05) is 71.7 Å². The van der Waals surface area contributed by atoms with E-state index in [1.807, 2.05) is 66.7 Å². The second-order valence-electron chi connectivity index (χ2n) is 17.8. The molecule has 0 radical (unpaired) electrons. The molecule has 4 aliphatic heterocycles. The van der Waals surface area contributed by atoms with E-state index in [9.17, 15) is 28.4 Å². The lowest BCUT2D eigenvalue weighted by Gasteiger charge is -2.44. The molecule has 1 saturated carbocycles. The molecule has 1 aliphatic carbocycles. The third-order valence-corrected chi connectivity index (χ3v) is 13.6. The first-order chi connectivity index (χ1) is 32.9. The number of fused-ring (bicyclic) bond motifs is 3. The predicted molar refractivity (Wildman–Crippen MR) is 248 cm³/mol. The molecule has 2 atom stereocenters. The van der Waals surface area contributed by atoms with E-state index in [1.54, 1.807) is 21.9 Å². The zero-order valence-electron chi connectivity index (χ0n) is 37.0. The molecule has 17 heteroatoms. The average Bonchev–Trinajstić information content (AvgIpc) is 4.16. The minimum atomic E-state index is -3.09. The van der Waals surface area contributed by atoms with Gasteiger partial charge in [-0.15, -0.1) is 0 Å². The first kappa shape index (κ1) is 46.9. The van der Waals surface area contributed by atoms with E-state index < -0.39 is 24.6 Å². The number of hydrogen-bond donors (Lipinski definition) is 0. The van der Waals surface area contributed by atoms with Gasteiger partial charge >= 0.3 is 18.7 Å². The SMILES string of the molecule is O=C(OC(Cc1c(Cl)c[n+]([O-])cc1Cl)c1ccc(OC(F)F)c(OCC2CC2)c1)C1CN(C(=O)c2ccc(COc3cccc(CN(C(=O)O[C@H]4CN5CCC4CC5)c4ccccc4)c3)cc2)C1. The maximum Gasteiger partial charge on any atom is 0.414 e. The molecule has 356 valence electrons. The van der Waals surface area contributed by atoms with Crippen molar-refractivity contribution in [3.05, 3.63) is 153 Å². The van der Waals surface area contributed by atoms with E-state index in [0.717, 1.165) is 74.5 Å². The summed E-state index contributed by atoms with van der Waals surface area (Å²) >= 11 is 12.8. The molecule has 1 unspecified atom stereocenters. The number of alkyl halides is 2. The Morgan fingerprint density at radius 1 is 0.809 bits per heavy atom. The van der Waals surface area contributed by atoms with Crippen molar-refractivity contribution in [3.63, 3.8) is 0 Å². The average molecular weight is 972 g/mol. The lowest BCUT2D eigenvalue weighted by molar-refractivity contribution is -0.605. The number of nitrogens with zero attached hydrogens (tertiary/aromatic N) is 4. The highest BCUT2D eigenvalue weighted by Gasteiger charge is 2.40. The largest absolute Gasteiger partial charge is 0.619 e. The number of benzene rings is 4. The maximum absolute atomic E-state index is 13.7. The molecule has 0 N–H and O–H groups in total. The van der Waals surface area contributed by atoms with Crippen LogP contribution in [-0.4, -0.2) is 79.8 Å². The van der Waals surface area contributed by atoms with Gasteiger partial charge in [-0.25, -0.2) is 4.79 Å². The number of halogens is 4. The zero-order chi connectivity index (χ0) is 47.3. The number of pyridine rings is 1. The molecule has 5 fully saturated rings. The Hall–Kier alpha value is -6.16. The lowest BCUT2D eigenvalue weighted by atomic mass is 9.86. The third-order valence-electron chi connectivity index (χ3n) is 12.9. The van der Waals surface area contributed by atoms with E-state index in [1.165, 1.54) is 18.2 Å². The van der Waals surface area contributed by atoms with Gasteiger partial charge in [0.2, 0.25) is 0 Å². The molecule has 5 aromatic rings. The second-order valence-corrected chi connectivity index (χ2v) is 18.6. The molecular formula is C51H50Cl2F2N4O9. The first-order valence-electron chi connectivity index (χ1n) is 22.8. The fourth-order valence-corrected chi connectivity index (χ4v) is 9.41. The van der Waals surface area contributed by atoms with Crippen LogP contribution < -0.4 is 23.8 Å². The highest BCUT2D eigenvalue weighted by Crippen LogP contribution is 2.39. The van der Waals surface area contributed by atoms with Gasteiger partial charge in [0.15, 0.2) is 23.9 Å². The summed E-state index contributed by atoms with van der Waals surface area (Å²) in [7, 11) is 0. The molecule has 5 aliphatic rings. The van der Waals surface area contributed by atoms with Crippen molar-refractivity contribution in [1.29, 1.82) is 0 Å². The van der Waals surface area contributed by atoms with Crippen molar-refractivity contribution < 1.29 is 51.6 Å². The number of carbonyl (C=O) groups is 3. The Morgan fingerprint density at radius 2 is 1.54 bits per heavy atom. The van der Waals surface area contributed by atoms with Gasteiger partial charge in [-0.05, 0) is 116 Å². The van der Waals surface area contributed by atoms with Gasteiger partial charge in [-0.3, -0.25) is 19.4 Å². The number of carbonyl (C=O) groups excluding carboxylic acids is 3. The van der Waals surface area contributed by atoms with Crippen LogP contribution in [0, 0.1) is 23.0 Å². The van der Waals surface area contributed by atoms with Gasteiger partial charge in [0, 0.05) is 42.9 Å². The predicted octanol–water partition coefficient (Wildman–Crippen LogP) is 9.43. The molecule has 4 saturated heterocycles. The number of piperidine rings is 3. The number of aromatic nitrogens is 1. The van der Waals surface area contributed by atoms with E-state index in [4.69, 9.17) is 46.9 Å². The van der Waals surface area contributed by atoms with Gasteiger partial charge in [0.05, 0.1) is 19.1 Å². The Labute approximate surface area is 402 Å². The van der Waals surface area contributed by atoms with Crippen molar-refractivity contribution in [2.75, 3.05) is 44.2 Å². The van der Waals surface area contributed by atoms with Crippen molar-refractivity contribution in [3.8, 4) is 17.2 Å². The molecule has 5 heterocycles. The number of ether oxygens (including phenoxy) is 5. The number of amides is 2. The van der Waals surface area contributed by atoms with Crippen LogP contribution in [0.3, 0.4) is 0 Å². The van der Waals surface area contributed by atoms with E-state index in [-0.39, 0.29) is 65.8 Å². The molecule has 2 bridgehead atoms. The minimum absolute atomic E-state index is 0.0456. The van der Waals surface area contributed by atoms with Crippen molar-refractivity contribution in [2.24, 2.45) is 17.8 Å². The Bertz CT molecular complexity index is 2570. The summed E-state index contributed by atoms with van der Waals surface area (Å²) in [5.74, 6) is -0.304. The Balaban J connectivity index is 0.802. The number of hydrogen-bond acceptors (Lipinski definition) is 10. The highest BCUT2D eigenvalue weighted by atomic mass is 35.5. The van der Waals surface area contributed by atoms with Gasteiger partial charge < -0.3 is 33.8 Å². The van der Waals surface area contributed by atoms with Crippen LogP contribution in [0.25, 0.3) is 0 Å². The normalized spacial score (nSPS) is 19.2. The zero-order valence-corrected chi connectivity index (χ0v) is 38.5. The number of esters is 1. The van der Waals surface area contributed by atoms with Crippen LogP contribution in [0.1, 0.15) is 64.4 Å². The molecule has 0 spiro atoms. The van der Waals surface area contributed by atoms with Crippen LogP contribution in [0.15, 0.2) is 109 Å². The summed E-state index contributed by atoms with van der Waals surface area (Å²) in [5.41, 5.74) is 3.60. The van der Waals surface area contributed by atoms with Gasteiger partial charge in [0.25, 0.3) is 5.91 Å². The summed E-state index contributed by atoms with van der Waals surface area (Å²) in [4.78, 5) is 46.4. The molecule has 4 aromatic carbocycles. The van der Waals surface area contributed by atoms with Crippen LogP contribution in [0.5, 0.6) is 17.2 Å². The Morgan fingerprint density at radius 3 is 2.22 bits per heavy atom. The number of anilines is 1. The van der Waals surface area contributed by atoms with Gasteiger partial charge in [0.1, 0.15) is 34.6 Å². The number of para-hydroxylation sites is 1. The van der Waals surface area contributed by atoms with E-state index in [0.29, 0.717) is 52.2 Å². The smallest absolute Gasteiger partial charge is 0.414 e. The first-order valence-corrected chi connectivity index (χ1v) is 23.5. The highest BCUT2D eigenvalue weighted by molar-refractivity contribution is 6.35. The molecule has 68 heavy (non-hydrogen) atoms. The topological polar surface area (TPSA) is 134 Å². The molecule has 1 aromatic heterocycles. The number of likely N-dealkylation sites (tertiary alicyclic amines) is 1. The van der Waals surface area contributed by atoms with Crippen LogP contribution in [0.2, 0.25) is 10.0 Å². The summed E-state index contributed by atoms with van der Waals surface area (Å²) in [6.07, 6.45) is 4.69. The Kier molecular flexibility index (Phi) is 14.5. The molecule has 10 rings (SSSR count). The van der Waals surface area contributed by atoms with Crippen LogP contribution in [-0.2, 0) is 33.8 Å². The monoisotopic (exact) mass is 970 g/mol. The fraction of sp³-hybridized carbons (Fsp3) is 0.373. The summed E-state index contributed by atoms with van der Waals surface area (Å²) < 4.78 is 56.0. The van der Waals surface area contributed by atoms with Crippen LogP contribution in [0.4, 0.5) is 19.3 Å². The third kappa shape index (κ3) is 11.6. The van der Waals surface area contributed by atoms with Crippen molar-refractivity contribution in [2.45, 2.75) is 64.1 Å². The van der Waals surface area contributed by atoms with Crippen molar-refractivity contribution in [1.82, 2.24) is 9.80 Å². The van der Waals surface area contributed by atoms with Crippen molar-refractivity contribution >= 4 is 46.9 Å². The molecule has 2 amide bonds. The summed E-state index contributed by atoms with van der Waals surface area (Å²) in [5, 5.41) is 12.1. The van der Waals surface area contributed by atoms with E-state index in [2.05, 4.69) is 4.90 Å². The molecular weight excluding hydrogens is 921 g/mol. The number of rotatable bonds is 18.